The van der Waals surface area contributed by atoms with Crippen molar-refractivity contribution in [1.82, 2.24) is 5.32 Å². The Hall–Kier alpha value is -1.26. The molecule has 0 aliphatic rings. The number of halogens is 1. The van der Waals surface area contributed by atoms with Crippen molar-refractivity contribution in [3.8, 4) is 0 Å². The van der Waals surface area contributed by atoms with Gasteiger partial charge in [-0.05, 0) is 39.0 Å². The van der Waals surface area contributed by atoms with Gasteiger partial charge in [-0.3, -0.25) is 4.79 Å². The summed E-state index contributed by atoms with van der Waals surface area (Å²) in [7, 11) is 0. The number of aliphatic hydroxyl groups excluding tert-OH is 1. The van der Waals surface area contributed by atoms with E-state index >= 15 is 0 Å². The van der Waals surface area contributed by atoms with Crippen LogP contribution in [0.25, 0.3) is 0 Å². The lowest BCUT2D eigenvalue weighted by atomic mass is 9.98. The molecule has 4 N–H and O–H groups in total. The number of carbonyl (C=O) groups excluding carboxylic acids is 1. The van der Waals surface area contributed by atoms with E-state index < -0.39 is 11.6 Å². The van der Waals surface area contributed by atoms with E-state index in [0.29, 0.717) is 16.3 Å². The number of nitrogens with one attached hydrogen (secondary N) is 1. The maximum absolute atomic E-state index is 12.0. The highest BCUT2D eigenvalue weighted by molar-refractivity contribution is 6.34. The molecule has 1 aromatic carbocycles. The highest BCUT2D eigenvalue weighted by Gasteiger charge is 2.27. The SMILES string of the molecule is CC(O)C(C)(C)NC(=O)c1cc(N)ccc1Cl. The first kappa shape index (κ1) is 13.8. The third-order valence-electron chi connectivity index (χ3n) is 2.72. The van der Waals surface area contributed by atoms with Crippen LogP contribution in [0.2, 0.25) is 5.02 Å². The number of nitrogens with two attached hydrogens (primary N) is 1. The molecular formula is C12H17ClN2O2. The largest absolute Gasteiger partial charge is 0.399 e. The fraction of sp³-hybridized carbons (Fsp3) is 0.417. The van der Waals surface area contributed by atoms with Gasteiger partial charge in [0.2, 0.25) is 0 Å². The average molecular weight is 257 g/mol. The summed E-state index contributed by atoms with van der Waals surface area (Å²) in [5, 5.41) is 12.6. The lowest BCUT2D eigenvalue weighted by Gasteiger charge is -2.29. The molecule has 0 bridgehead atoms. The number of aliphatic hydroxyl groups is 1. The summed E-state index contributed by atoms with van der Waals surface area (Å²) < 4.78 is 0. The van der Waals surface area contributed by atoms with Gasteiger partial charge in [-0.15, -0.1) is 0 Å². The smallest absolute Gasteiger partial charge is 0.253 e. The van der Waals surface area contributed by atoms with Crippen LogP contribution in [0.1, 0.15) is 31.1 Å². The van der Waals surface area contributed by atoms with E-state index in [1.165, 1.54) is 6.07 Å². The predicted molar refractivity (Wildman–Crippen MR) is 69.1 cm³/mol. The van der Waals surface area contributed by atoms with Crippen molar-refractivity contribution >= 4 is 23.2 Å². The van der Waals surface area contributed by atoms with Crippen LogP contribution >= 0.6 is 11.6 Å². The van der Waals surface area contributed by atoms with Crippen LogP contribution in [-0.2, 0) is 0 Å². The zero-order valence-electron chi connectivity index (χ0n) is 10.1. The summed E-state index contributed by atoms with van der Waals surface area (Å²) in [5.74, 6) is -0.354. The third kappa shape index (κ3) is 3.35. The van der Waals surface area contributed by atoms with Crippen molar-refractivity contribution in [2.45, 2.75) is 32.4 Å². The normalized spacial score (nSPS) is 13.2. The molecule has 1 unspecified atom stereocenters. The van der Waals surface area contributed by atoms with Crippen LogP contribution in [0.15, 0.2) is 18.2 Å². The summed E-state index contributed by atoms with van der Waals surface area (Å²) in [5.41, 5.74) is 5.64. The summed E-state index contributed by atoms with van der Waals surface area (Å²) in [4.78, 5) is 12.0. The van der Waals surface area contributed by atoms with Crippen LogP contribution in [-0.4, -0.2) is 22.7 Å². The number of benzene rings is 1. The minimum absolute atomic E-state index is 0.306. The monoisotopic (exact) mass is 256 g/mol. The fourth-order valence-corrected chi connectivity index (χ4v) is 1.38. The zero-order valence-corrected chi connectivity index (χ0v) is 10.9. The number of hydrogen-bond donors (Lipinski definition) is 3. The first-order valence-corrected chi connectivity index (χ1v) is 5.67. The second kappa shape index (κ2) is 4.94. The molecule has 1 aromatic rings. The molecule has 17 heavy (non-hydrogen) atoms. The highest BCUT2D eigenvalue weighted by atomic mass is 35.5. The van der Waals surface area contributed by atoms with E-state index in [1.807, 2.05) is 0 Å². The molecule has 0 saturated carbocycles. The third-order valence-corrected chi connectivity index (χ3v) is 3.04. The standard InChI is InChI=1S/C12H17ClN2O2/c1-7(16)12(2,3)15-11(17)9-6-8(14)4-5-10(9)13/h4-7,16H,14H2,1-3H3,(H,15,17). The van der Waals surface area contributed by atoms with E-state index in [9.17, 15) is 9.90 Å². The molecule has 0 radical (unpaired) electrons. The van der Waals surface area contributed by atoms with Gasteiger partial charge in [-0.1, -0.05) is 11.6 Å². The summed E-state index contributed by atoms with van der Waals surface area (Å²) >= 11 is 5.92. The number of amides is 1. The molecule has 0 spiro atoms. The number of anilines is 1. The summed E-state index contributed by atoms with van der Waals surface area (Å²) in [6, 6.07) is 4.70. The van der Waals surface area contributed by atoms with Gasteiger partial charge in [-0.2, -0.15) is 0 Å². The van der Waals surface area contributed by atoms with Gasteiger partial charge >= 0.3 is 0 Å². The van der Waals surface area contributed by atoms with E-state index in [2.05, 4.69) is 5.32 Å². The Morgan fingerprint density at radius 2 is 2.12 bits per heavy atom. The van der Waals surface area contributed by atoms with E-state index in [-0.39, 0.29) is 5.91 Å². The van der Waals surface area contributed by atoms with Gasteiger partial charge in [0.05, 0.1) is 22.2 Å². The average Bonchev–Trinajstić information content (AvgIpc) is 2.20. The van der Waals surface area contributed by atoms with Crippen LogP contribution in [0.4, 0.5) is 5.69 Å². The van der Waals surface area contributed by atoms with Crippen molar-refractivity contribution in [3.05, 3.63) is 28.8 Å². The van der Waals surface area contributed by atoms with Crippen LogP contribution in [0.3, 0.4) is 0 Å². The Bertz CT molecular complexity index is 431. The molecule has 5 heteroatoms. The molecule has 0 fully saturated rings. The van der Waals surface area contributed by atoms with Crippen molar-refractivity contribution in [3.63, 3.8) is 0 Å². The van der Waals surface area contributed by atoms with Gasteiger partial charge in [0.25, 0.3) is 5.91 Å². The van der Waals surface area contributed by atoms with Gasteiger partial charge in [-0.25, -0.2) is 0 Å². The molecule has 1 rings (SSSR count). The second-order valence-electron chi connectivity index (χ2n) is 4.59. The lowest BCUT2D eigenvalue weighted by molar-refractivity contribution is 0.0709. The Kier molecular flexibility index (Phi) is 4.01. The number of rotatable bonds is 3. The van der Waals surface area contributed by atoms with Crippen molar-refractivity contribution in [2.75, 3.05) is 5.73 Å². The highest BCUT2D eigenvalue weighted by Crippen LogP contribution is 2.20. The van der Waals surface area contributed by atoms with Gasteiger partial charge in [0, 0.05) is 5.69 Å². The number of carbonyl (C=O) groups is 1. The van der Waals surface area contributed by atoms with E-state index in [1.54, 1.807) is 32.9 Å². The molecular weight excluding hydrogens is 240 g/mol. The Balaban J connectivity index is 2.94. The van der Waals surface area contributed by atoms with Crippen molar-refractivity contribution < 1.29 is 9.90 Å². The lowest BCUT2D eigenvalue weighted by Crippen LogP contribution is -2.51. The van der Waals surface area contributed by atoms with Crippen LogP contribution in [0, 0.1) is 0 Å². The molecule has 1 atom stereocenters. The molecule has 4 nitrogen and oxygen atoms in total. The summed E-state index contributed by atoms with van der Waals surface area (Å²) in [6.45, 7) is 5.08. The maximum Gasteiger partial charge on any atom is 0.253 e. The quantitative estimate of drug-likeness (QED) is 0.722. The van der Waals surface area contributed by atoms with Gasteiger partial charge in [0.1, 0.15) is 0 Å². The fourth-order valence-electron chi connectivity index (χ4n) is 1.18. The van der Waals surface area contributed by atoms with E-state index in [4.69, 9.17) is 17.3 Å². The van der Waals surface area contributed by atoms with Crippen molar-refractivity contribution in [1.29, 1.82) is 0 Å². The molecule has 0 aliphatic carbocycles. The van der Waals surface area contributed by atoms with Crippen LogP contribution < -0.4 is 11.1 Å². The zero-order chi connectivity index (χ0) is 13.2. The Labute approximate surface area is 106 Å². The topological polar surface area (TPSA) is 75.3 Å². The maximum atomic E-state index is 12.0. The Morgan fingerprint density at radius 1 is 1.53 bits per heavy atom. The molecule has 94 valence electrons. The molecule has 0 saturated heterocycles. The second-order valence-corrected chi connectivity index (χ2v) is 5.00. The van der Waals surface area contributed by atoms with Crippen LogP contribution in [0.5, 0.6) is 0 Å². The van der Waals surface area contributed by atoms with Gasteiger partial charge in [0.15, 0.2) is 0 Å². The molecule has 1 amide bonds. The number of nitrogen functional groups attached to an aromatic ring is 1. The van der Waals surface area contributed by atoms with Gasteiger partial charge < -0.3 is 16.2 Å². The number of hydrogen-bond acceptors (Lipinski definition) is 3. The minimum Gasteiger partial charge on any atom is -0.399 e. The first-order valence-electron chi connectivity index (χ1n) is 5.29. The minimum atomic E-state index is -0.731. The Morgan fingerprint density at radius 3 is 2.65 bits per heavy atom. The molecule has 0 aromatic heterocycles. The predicted octanol–water partition coefficient (Wildman–Crippen LogP) is 1.81. The molecule has 0 heterocycles. The van der Waals surface area contributed by atoms with E-state index in [0.717, 1.165) is 0 Å². The first-order chi connectivity index (χ1) is 7.74. The molecule has 0 aliphatic heterocycles. The van der Waals surface area contributed by atoms with Crippen molar-refractivity contribution in [2.24, 2.45) is 0 Å². The summed E-state index contributed by atoms with van der Waals surface area (Å²) in [6.07, 6.45) is -0.675.